The van der Waals surface area contributed by atoms with Gasteiger partial charge in [0.05, 0.1) is 6.61 Å². The van der Waals surface area contributed by atoms with Gasteiger partial charge in [0.15, 0.2) is 0 Å². The van der Waals surface area contributed by atoms with Crippen LogP contribution in [-0.2, 0) is 6.61 Å². The van der Waals surface area contributed by atoms with Gasteiger partial charge in [-0.05, 0) is 0 Å². The van der Waals surface area contributed by atoms with Gasteiger partial charge in [0.25, 0.3) is 0 Å². The molecule has 0 atom stereocenters. The summed E-state index contributed by atoms with van der Waals surface area (Å²) in [7, 11) is 0. The molecule has 3 nitrogen and oxygen atoms in total. The third-order valence-corrected chi connectivity index (χ3v) is 1.16. The zero-order chi connectivity index (χ0) is 7.56. The minimum atomic E-state index is -0.630. The quantitative estimate of drug-likeness (QED) is 0.554. The Bertz CT molecular complexity index is 239. The second-order valence-corrected chi connectivity index (χ2v) is 1.86. The number of anilines is 1. The molecule has 1 aromatic rings. The summed E-state index contributed by atoms with van der Waals surface area (Å²) in [5.41, 5.74) is 5.97. The van der Waals surface area contributed by atoms with Crippen LogP contribution < -0.4 is 5.73 Å². The number of rotatable bonds is 1. The molecule has 0 aliphatic heterocycles. The molecular formula is C6H7FN2O. The van der Waals surface area contributed by atoms with Crippen LogP contribution in [0.4, 0.5) is 10.1 Å². The maximum atomic E-state index is 12.2. The Kier molecular flexibility index (Phi) is 1.82. The van der Waals surface area contributed by atoms with E-state index in [2.05, 4.69) is 4.98 Å². The smallest absolute Gasteiger partial charge is 0.214 e. The molecule has 1 aromatic heterocycles. The van der Waals surface area contributed by atoms with Crippen molar-refractivity contribution in [3.05, 3.63) is 23.8 Å². The van der Waals surface area contributed by atoms with E-state index in [4.69, 9.17) is 10.8 Å². The maximum absolute atomic E-state index is 12.2. The molecule has 0 fully saturated rings. The van der Waals surface area contributed by atoms with E-state index in [1.165, 1.54) is 6.20 Å². The van der Waals surface area contributed by atoms with Crippen molar-refractivity contribution >= 4 is 5.69 Å². The van der Waals surface area contributed by atoms with Crippen molar-refractivity contribution in [1.29, 1.82) is 0 Å². The Morgan fingerprint density at radius 3 is 2.90 bits per heavy atom. The second-order valence-electron chi connectivity index (χ2n) is 1.86. The fourth-order valence-corrected chi connectivity index (χ4v) is 0.605. The standard InChI is InChI=1S/C6H7FN2O/c7-6-1-5(8)4(3-10)2-9-6/h1-2,10H,3H2,(H2,8,9). The van der Waals surface area contributed by atoms with Crippen LogP contribution in [0.1, 0.15) is 5.56 Å². The fraction of sp³-hybridized carbons (Fsp3) is 0.167. The number of nitrogens with two attached hydrogens (primary N) is 1. The van der Waals surface area contributed by atoms with Gasteiger partial charge in [0.1, 0.15) is 0 Å². The lowest BCUT2D eigenvalue weighted by Gasteiger charge is -1.98. The van der Waals surface area contributed by atoms with Crippen molar-refractivity contribution in [3.63, 3.8) is 0 Å². The van der Waals surface area contributed by atoms with Gasteiger partial charge in [0, 0.05) is 23.5 Å². The maximum Gasteiger partial charge on any atom is 0.214 e. The summed E-state index contributed by atoms with van der Waals surface area (Å²) < 4.78 is 12.2. The van der Waals surface area contributed by atoms with Crippen LogP contribution >= 0.6 is 0 Å². The predicted octanol–water partition coefficient (Wildman–Crippen LogP) is 0.295. The first-order valence-corrected chi connectivity index (χ1v) is 2.75. The first-order valence-electron chi connectivity index (χ1n) is 2.75. The zero-order valence-electron chi connectivity index (χ0n) is 5.21. The molecule has 54 valence electrons. The number of hydrogen-bond donors (Lipinski definition) is 2. The van der Waals surface area contributed by atoms with Gasteiger partial charge in [-0.1, -0.05) is 0 Å². The second kappa shape index (κ2) is 2.62. The molecule has 0 amide bonds. The van der Waals surface area contributed by atoms with Crippen LogP contribution in [0.3, 0.4) is 0 Å². The monoisotopic (exact) mass is 142 g/mol. The van der Waals surface area contributed by atoms with Crippen molar-refractivity contribution < 1.29 is 9.50 Å². The van der Waals surface area contributed by atoms with Crippen molar-refractivity contribution in [3.8, 4) is 0 Å². The summed E-state index contributed by atoms with van der Waals surface area (Å²) in [4.78, 5) is 3.30. The molecule has 0 spiro atoms. The summed E-state index contributed by atoms with van der Waals surface area (Å²) in [5.74, 6) is -0.630. The van der Waals surface area contributed by atoms with Crippen LogP contribution in [0.25, 0.3) is 0 Å². The van der Waals surface area contributed by atoms with Crippen LogP contribution in [-0.4, -0.2) is 10.1 Å². The summed E-state index contributed by atoms with van der Waals surface area (Å²) in [5, 5.41) is 8.57. The molecule has 0 aliphatic rings. The van der Waals surface area contributed by atoms with Crippen molar-refractivity contribution in [1.82, 2.24) is 4.98 Å². The Morgan fingerprint density at radius 1 is 1.70 bits per heavy atom. The molecule has 0 bridgehead atoms. The van der Waals surface area contributed by atoms with E-state index >= 15 is 0 Å². The van der Waals surface area contributed by atoms with Gasteiger partial charge < -0.3 is 10.8 Å². The summed E-state index contributed by atoms with van der Waals surface area (Å²) in [6, 6.07) is 1.07. The number of aliphatic hydroxyl groups is 1. The van der Waals surface area contributed by atoms with Crippen molar-refractivity contribution in [2.24, 2.45) is 0 Å². The van der Waals surface area contributed by atoms with Gasteiger partial charge in [-0.3, -0.25) is 0 Å². The zero-order valence-corrected chi connectivity index (χ0v) is 5.21. The molecule has 1 heterocycles. The first kappa shape index (κ1) is 6.95. The van der Waals surface area contributed by atoms with Gasteiger partial charge in [-0.25, -0.2) is 4.98 Å². The number of nitrogen functional groups attached to an aromatic ring is 1. The normalized spacial score (nSPS) is 9.80. The van der Waals surface area contributed by atoms with Gasteiger partial charge in [-0.2, -0.15) is 4.39 Å². The van der Waals surface area contributed by atoms with Crippen LogP contribution in [0.15, 0.2) is 12.3 Å². The van der Waals surface area contributed by atoms with E-state index in [1.54, 1.807) is 0 Å². The molecular weight excluding hydrogens is 135 g/mol. The lowest BCUT2D eigenvalue weighted by atomic mass is 10.2. The molecule has 0 aliphatic carbocycles. The van der Waals surface area contributed by atoms with Crippen molar-refractivity contribution in [2.75, 3.05) is 5.73 Å². The molecule has 0 unspecified atom stereocenters. The van der Waals surface area contributed by atoms with Crippen LogP contribution in [0, 0.1) is 5.95 Å². The van der Waals surface area contributed by atoms with E-state index in [0.29, 0.717) is 5.56 Å². The lowest BCUT2D eigenvalue weighted by Crippen LogP contribution is -1.96. The fourth-order valence-electron chi connectivity index (χ4n) is 0.605. The molecule has 0 aromatic carbocycles. The molecule has 10 heavy (non-hydrogen) atoms. The minimum absolute atomic E-state index is 0.209. The molecule has 0 saturated heterocycles. The Morgan fingerprint density at radius 2 is 2.40 bits per heavy atom. The van der Waals surface area contributed by atoms with E-state index in [9.17, 15) is 4.39 Å². The molecule has 1 rings (SSSR count). The molecule has 0 saturated carbocycles. The average molecular weight is 142 g/mol. The molecule has 0 radical (unpaired) electrons. The molecule has 4 heteroatoms. The number of aromatic nitrogens is 1. The van der Waals surface area contributed by atoms with Crippen molar-refractivity contribution in [2.45, 2.75) is 6.61 Å². The highest BCUT2D eigenvalue weighted by molar-refractivity contribution is 5.43. The highest BCUT2D eigenvalue weighted by Crippen LogP contribution is 2.09. The predicted molar refractivity (Wildman–Crippen MR) is 34.5 cm³/mol. The van der Waals surface area contributed by atoms with E-state index in [-0.39, 0.29) is 12.3 Å². The highest BCUT2D eigenvalue weighted by Gasteiger charge is 1.98. The summed E-state index contributed by atoms with van der Waals surface area (Å²) in [6.45, 7) is -0.209. The van der Waals surface area contributed by atoms with Crippen LogP contribution in [0.5, 0.6) is 0 Å². The average Bonchev–Trinajstić information content (AvgIpc) is 1.88. The lowest BCUT2D eigenvalue weighted by molar-refractivity contribution is 0.282. The Hall–Kier alpha value is -1.16. The number of hydrogen-bond acceptors (Lipinski definition) is 3. The number of nitrogens with zero attached hydrogens (tertiary/aromatic N) is 1. The van der Waals surface area contributed by atoms with Gasteiger partial charge in [-0.15, -0.1) is 0 Å². The number of pyridine rings is 1. The number of halogens is 1. The third-order valence-electron chi connectivity index (χ3n) is 1.16. The molecule has 3 N–H and O–H groups in total. The minimum Gasteiger partial charge on any atom is -0.398 e. The van der Waals surface area contributed by atoms with E-state index in [0.717, 1.165) is 6.07 Å². The van der Waals surface area contributed by atoms with Gasteiger partial charge in [0.2, 0.25) is 5.95 Å². The Balaban J connectivity index is 3.07. The number of aliphatic hydroxyl groups excluding tert-OH is 1. The summed E-state index contributed by atoms with van der Waals surface area (Å²) in [6.07, 6.45) is 1.21. The first-order chi connectivity index (χ1) is 4.74. The van der Waals surface area contributed by atoms with E-state index in [1.807, 2.05) is 0 Å². The largest absolute Gasteiger partial charge is 0.398 e. The van der Waals surface area contributed by atoms with Gasteiger partial charge >= 0.3 is 0 Å². The van der Waals surface area contributed by atoms with Crippen LogP contribution in [0.2, 0.25) is 0 Å². The topological polar surface area (TPSA) is 59.1 Å². The van der Waals surface area contributed by atoms with E-state index < -0.39 is 5.95 Å². The SMILES string of the molecule is Nc1cc(F)ncc1CO. The third kappa shape index (κ3) is 1.22. The highest BCUT2D eigenvalue weighted by atomic mass is 19.1. The summed E-state index contributed by atoms with van der Waals surface area (Å²) >= 11 is 0. The Labute approximate surface area is 57.3 Å².